The molecule has 3 rings (SSSR count). The van der Waals surface area contributed by atoms with Crippen molar-refractivity contribution in [3.63, 3.8) is 0 Å². The molecule has 0 aliphatic carbocycles. The van der Waals surface area contributed by atoms with Crippen LogP contribution in [0.5, 0.6) is 0 Å². The zero-order valence-electron chi connectivity index (χ0n) is 15.4. The van der Waals surface area contributed by atoms with E-state index in [1.165, 1.54) is 6.07 Å². The quantitative estimate of drug-likeness (QED) is 0.675. The number of nitrogens with one attached hydrogen (secondary N) is 2. The summed E-state index contributed by atoms with van der Waals surface area (Å²) in [4.78, 5) is 16.4. The van der Waals surface area contributed by atoms with E-state index in [1.807, 2.05) is 38.1 Å². The number of pyridine rings is 1. The van der Waals surface area contributed by atoms with Crippen LogP contribution in [0, 0.1) is 19.7 Å². The number of halogens is 1. The van der Waals surface area contributed by atoms with Crippen LogP contribution in [-0.4, -0.2) is 17.4 Å². The van der Waals surface area contributed by atoms with Crippen molar-refractivity contribution in [2.45, 2.75) is 20.3 Å². The highest BCUT2D eigenvalue weighted by atomic mass is 19.1. The van der Waals surface area contributed by atoms with E-state index in [4.69, 9.17) is 0 Å². The lowest BCUT2D eigenvalue weighted by Crippen LogP contribution is -2.26. The fourth-order valence-electron chi connectivity index (χ4n) is 2.86. The number of anilines is 2. The van der Waals surface area contributed by atoms with E-state index >= 15 is 0 Å². The summed E-state index contributed by atoms with van der Waals surface area (Å²) < 4.78 is 13.6. The van der Waals surface area contributed by atoms with Gasteiger partial charge in [0.15, 0.2) is 0 Å². The van der Waals surface area contributed by atoms with Gasteiger partial charge in [-0.15, -0.1) is 0 Å². The van der Waals surface area contributed by atoms with Gasteiger partial charge in [0.1, 0.15) is 11.5 Å². The second-order valence-electron chi connectivity index (χ2n) is 6.42. The van der Waals surface area contributed by atoms with Gasteiger partial charge in [-0.25, -0.2) is 9.37 Å². The van der Waals surface area contributed by atoms with Crippen LogP contribution in [0.25, 0.3) is 0 Å². The molecule has 0 fully saturated rings. The average molecular weight is 363 g/mol. The molecule has 3 aromatic rings. The number of para-hydroxylation sites is 1. The average Bonchev–Trinajstić information content (AvgIpc) is 2.67. The largest absolute Gasteiger partial charge is 0.354 e. The summed E-state index contributed by atoms with van der Waals surface area (Å²) in [7, 11) is 0. The van der Waals surface area contributed by atoms with Gasteiger partial charge in [0.25, 0.3) is 5.91 Å². The molecule has 1 amide bonds. The summed E-state index contributed by atoms with van der Waals surface area (Å²) in [6.45, 7) is 4.43. The third-order valence-electron chi connectivity index (χ3n) is 4.38. The van der Waals surface area contributed by atoms with Crippen LogP contribution in [0.3, 0.4) is 0 Å². The molecule has 27 heavy (non-hydrogen) atoms. The Morgan fingerprint density at radius 2 is 1.74 bits per heavy atom. The van der Waals surface area contributed by atoms with Gasteiger partial charge in [-0.2, -0.15) is 0 Å². The van der Waals surface area contributed by atoms with E-state index in [0.29, 0.717) is 24.2 Å². The molecule has 0 saturated carbocycles. The smallest absolute Gasteiger partial charge is 0.269 e. The molecule has 0 atom stereocenters. The first-order chi connectivity index (χ1) is 13.0. The number of nitrogens with zero attached hydrogens (tertiary/aromatic N) is 1. The Morgan fingerprint density at radius 3 is 2.41 bits per heavy atom. The number of hydrogen-bond acceptors (Lipinski definition) is 3. The Bertz CT molecular complexity index is 918. The van der Waals surface area contributed by atoms with E-state index in [1.54, 1.807) is 30.5 Å². The molecule has 0 unspecified atom stereocenters. The summed E-state index contributed by atoms with van der Waals surface area (Å²) in [6.07, 6.45) is 2.07. The first-order valence-electron chi connectivity index (χ1n) is 8.85. The lowest BCUT2D eigenvalue weighted by atomic mass is 10.1. The molecule has 1 heterocycles. The van der Waals surface area contributed by atoms with Gasteiger partial charge in [-0.05, 0) is 55.2 Å². The number of carbonyl (C=O) groups is 1. The summed E-state index contributed by atoms with van der Waals surface area (Å²) in [5, 5.41) is 6.12. The van der Waals surface area contributed by atoms with E-state index in [2.05, 4.69) is 15.6 Å². The number of carbonyl (C=O) groups excluding carboxylic acids is 1. The Labute approximate surface area is 158 Å². The van der Waals surface area contributed by atoms with Gasteiger partial charge in [0, 0.05) is 12.2 Å². The zero-order chi connectivity index (χ0) is 19.2. The van der Waals surface area contributed by atoms with E-state index < -0.39 is 0 Å². The summed E-state index contributed by atoms with van der Waals surface area (Å²) in [5.41, 5.74) is 5.06. The highest BCUT2D eigenvalue weighted by molar-refractivity contribution is 5.92. The summed E-state index contributed by atoms with van der Waals surface area (Å²) >= 11 is 0. The van der Waals surface area contributed by atoms with Gasteiger partial charge in [-0.1, -0.05) is 36.4 Å². The topological polar surface area (TPSA) is 54.0 Å². The van der Waals surface area contributed by atoms with E-state index in [0.717, 1.165) is 22.5 Å². The van der Waals surface area contributed by atoms with Gasteiger partial charge >= 0.3 is 0 Å². The van der Waals surface area contributed by atoms with Crippen LogP contribution >= 0.6 is 0 Å². The third kappa shape index (κ3) is 4.70. The first kappa shape index (κ1) is 18.6. The molecular weight excluding hydrogens is 341 g/mol. The summed E-state index contributed by atoms with van der Waals surface area (Å²) in [6, 6.07) is 16.2. The second-order valence-corrected chi connectivity index (χ2v) is 6.42. The number of hydrogen-bond donors (Lipinski definition) is 2. The predicted molar refractivity (Wildman–Crippen MR) is 106 cm³/mol. The number of amides is 1. The number of aryl methyl sites for hydroxylation is 2. The monoisotopic (exact) mass is 363 g/mol. The standard InChI is InChI=1S/C22H22FN3O/c1-15-6-5-7-16(2)21(15)26-18-10-11-20(25-14-18)22(27)24-13-12-17-8-3-4-9-19(17)23/h3-11,14,26H,12-13H2,1-2H3,(H,24,27). The van der Waals surface area contributed by atoms with Crippen LogP contribution in [-0.2, 0) is 6.42 Å². The van der Waals surface area contributed by atoms with Crippen molar-refractivity contribution < 1.29 is 9.18 Å². The van der Waals surface area contributed by atoms with Crippen molar-refractivity contribution in [3.8, 4) is 0 Å². The SMILES string of the molecule is Cc1cccc(C)c1Nc1ccc(C(=O)NCCc2ccccc2F)nc1. The van der Waals surface area contributed by atoms with Crippen LogP contribution in [0.15, 0.2) is 60.8 Å². The minimum absolute atomic E-state index is 0.258. The Kier molecular flexibility index (Phi) is 5.81. The molecule has 138 valence electrons. The predicted octanol–water partition coefficient (Wildman–Crippen LogP) is 4.55. The van der Waals surface area contributed by atoms with Crippen molar-refractivity contribution in [2.24, 2.45) is 0 Å². The maximum Gasteiger partial charge on any atom is 0.269 e. The maximum absolute atomic E-state index is 13.6. The fraction of sp³-hybridized carbons (Fsp3) is 0.182. The molecule has 2 aromatic carbocycles. The van der Waals surface area contributed by atoms with Crippen molar-refractivity contribution in [2.75, 3.05) is 11.9 Å². The van der Waals surface area contributed by atoms with Gasteiger partial charge in [0.05, 0.1) is 11.9 Å². The minimum Gasteiger partial charge on any atom is -0.354 e. The molecule has 0 aliphatic heterocycles. The summed E-state index contributed by atoms with van der Waals surface area (Å²) in [5.74, 6) is -0.531. The zero-order valence-corrected chi connectivity index (χ0v) is 15.4. The number of rotatable bonds is 6. The molecule has 4 nitrogen and oxygen atoms in total. The molecule has 0 saturated heterocycles. The van der Waals surface area contributed by atoms with Gasteiger partial charge in [0.2, 0.25) is 0 Å². The van der Waals surface area contributed by atoms with Crippen molar-refractivity contribution >= 4 is 17.3 Å². The van der Waals surface area contributed by atoms with E-state index in [9.17, 15) is 9.18 Å². The minimum atomic E-state index is -0.273. The Morgan fingerprint density at radius 1 is 1.00 bits per heavy atom. The molecular formula is C22H22FN3O. The highest BCUT2D eigenvalue weighted by Crippen LogP contribution is 2.23. The lowest BCUT2D eigenvalue weighted by Gasteiger charge is -2.12. The van der Waals surface area contributed by atoms with Crippen molar-refractivity contribution in [1.29, 1.82) is 0 Å². The molecule has 0 spiro atoms. The highest BCUT2D eigenvalue weighted by Gasteiger charge is 2.08. The fourth-order valence-corrected chi connectivity index (χ4v) is 2.86. The normalized spacial score (nSPS) is 10.5. The molecule has 0 bridgehead atoms. The Hall–Kier alpha value is -3.21. The molecule has 2 N–H and O–H groups in total. The number of benzene rings is 2. The first-order valence-corrected chi connectivity index (χ1v) is 8.85. The van der Waals surface area contributed by atoms with Crippen molar-refractivity contribution in [3.05, 3.63) is 89.0 Å². The molecule has 5 heteroatoms. The molecule has 0 radical (unpaired) electrons. The number of aromatic nitrogens is 1. The molecule has 0 aliphatic rings. The maximum atomic E-state index is 13.6. The van der Waals surface area contributed by atoms with Crippen LogP contribution < -0.4 is 10.6 Å². The lowest BCUT2D eigenvalue weighted by molar-refractivity contribution is 0.0949. The van der Waals surface area contributed by atoms with Crippen LogP contribution in [0.1, 0.15) is 27.2 Å². The van der Waals surface area contributed by atoms with Crippen molar-refractivity contribution in [1.82, 2.24) is 10.3 Å². The van der Waals surface area contributed by atoms with E-state index in [-0.39, 0.29) is 11.7 Å². The van der Waals surface area contributed by atoms with Crippen LogP contribution in [0.4, 0.5) is 15.8 Å². The van der Waals surface area contributed by atoms with Gasteiger partial charge in [-0.3, -0.25) is 4.79 Å². The molecule has 1 aromatic heterocycles. The van der Waals surface area contributed by atoms with Gasteiger partial charge < -0.3 is 10.6 Å². The van der Waals surface area contributed by atoms with Crippen LogP contribution in [0.2, 0.25) is 0 Å². The third-order valence-corrected chi connectivity index (χ3v) is 4.38. The Balaban J connectivity index is 1.58. The second kappa shape index (κ2) is 8.45.